The number of rotatable bonds is 2. The number of amides is 1. The molecule has 2 aromatic rings. The molecule has 1 amide bonds. The van der Waals surface area contributed by atoms with Crippen molar-refractivity contribution >= 4 is 11.7 Å². The molecule has 0 unspecified atom stereocenters. The van der Waals surface area contributed by atoms with Gasteiger partial charge in [-0.25, -0.2) is 9.97 Å². The first kappa shape index (κ1) is 11.6. The third-order valence-corrected chi connectivity index (χ3v) is 3.16. The molecule has 0 saturated carbocycles. The largest absolute Gasteiger partial charge is 0.353 e. The molecule has 1 N–H and O–H groups in total. The number of hydrogen-bond donors (Lipinski definition) is 1. The van der Waals surface area contributed by atoms with Gasteiger partial charge in [-0.2, -0.15) is 5.10 Å². The second-order valence-electron chi connectivity index (χ2n) is 4.30. The molecule has 1 aliphatic heterocycles. The van der Waals surface area contributed by atoms with E-state index in [1.165, 1.54) is 6.33 Å². The zero-order valence-electron chi connectivity index (χ0n) is 10.4. The van der Waals surface area contributed by atoms with E-state index in [9.17, 15) is 4.79 Å². The first-order valence-electron chi connectivity index (χ1n) is 6.15. The Labute approximate surface area is 110 Å². The van der Waals surface area contributed by atoms with Gasteiger partial charge in [-0.15, -0.1) is 0 Å². The van der Waals surface area contributed by atoms with Gasteiger partial charge in [0.05, 0.1) is 0 Å². The highest BCUT2D eigenvalue weighted by Gasteiger charge is 2.24. The van der Waals surface area contributed by atoms with Crippen LogP contribution in [0, 0.1) is 0 Å². The molecule has 1 saturated heterocycles. The van der Waals surface area contributed by atoms with Crippen LogP contribution in [0.2, 0.25) is 0 Å². The lowest BCUT2D eigenvalue weighted by Crippen LogP contribution is -2.49. The topological polar surface area (TPSA) is 78.0 Å². The Kier molecular flexibility index (Phi) is 3.09. The normalized spacial score (nSPS) is 15.6. The first-order valence-corrected chi connectivity index (χ1v) is 6.15. The molecule has 3 rings (SSSR count). The van der Waals surface area contributed by atoms with Gasteiger partial charge >= 0.3 is 0 Å². The van der Waals surface area contributed by atoms with Crippen LogP contribution < -0.4 is 4.90 Å². The van der Waals surface area contributed by atoms with Crippen molar-refractivity contribution in [2.24, 2.45) is 0 Å². The number of piperazine rings is 1. The van der Waals surface area contributed by atoms with Gasteiger partial charge in [0.2, 0.25) is 5.82 Å². The maximum Gasteiger partial charge on any atom is 0.291 e. The zero-order valence-corrected chi connectivity index (χ0v) is 10.4. The first-order chi connectivity index (χ1) is 9.34. The summed E-state index contributed by atoms with van der Waals surface area (Å²) < 4.78 is 0. The Morgan fingerprint density at radius 1 is 1.16 bits per heavy atom. The molecule has 0 atom stereocenters. The van der Waals surface area contributed by atoms with Crippen molar-refractivity contribution in [3.63, 3.8) is 0 Å². The molecular formula is C12H14N6O. The van der Waals surface area contributed by atoms with Gasteiger partial charge in [-0.1, -0.05) is 6.07 Å². The van der Waals surface area contributed by atoms with Crippen molar-refractivity contribution in [1.82, 2.24) is 25.1 Å². The molecule has 2 aromatic heterocycles. The minimum absolute atomic E-state index is 0.0989. The van der Waals surface area contributed by atoms with Crippen LogP contribution in [0.4, 0.5) is 5.82 Å². The van der Waals surface area contributed by atoms with Crippen LogP contribution in [-0.2, 0) is 0 Å². The van der Waals surface area contributed by atoms with E-state index in [-0.39, 0.29) is 5.91 Å². The summed E-state index contributed by atoms with van der Waals surface area (Å²) in [4.78, 5) is 24.2. The molecule has 1 fully saturated rings. The van der Waals surface area contributed by atoms with E-state index in [1.807, 2.05) is 18.2 Å². The zero-order chi connectivity index (χ0) is 13.1. The van der Waals surface area contributed by atoms with E-state index in [2.05, 4.69) is 25.1 Å². The Bertz CT molecular complexity index is 533. The monoisotopic (exact) mass is 258 g/mol. The highest BCUT2D eigenvalue weighted by Crippen LogP contribution is 2.13. The van der Waals surface area contributed by atoms with E-state index in [4.69, 9.17) is 0 Å². The number of aromatic amines is 1. The number of carbonyl (C=O) groups is 1. The van der Waals surface area contributed by atoms with Crippen molar-refractivity contribution in [3.05, 3.63) is 36.5 Å². The minimum atomic E-state index is -0.0989. The summed E-state index contributed by atoms with van der Waals surface area (Å²) in [6.45, 7) is 2.87. The highest BCUT2D eigenvalue weighted by molar-refractivity contribution is 5.90. The van der Waals surface area contributed by atoms with Gasteiger partial charge in [0.1, 0.15) is 12.1 Å². The molecule has 0 aliphatic carbocycles. The molecule has 3 heterocycles. The maximum atomic E-state index is 12.1. The minimum Gasteiger partial charge on any atom is -0.353 e. The summed E-state index contributed by atoms with van der Waals surface area (Å²) in [7, 11) is 0. The van der Waals surface area contributed by atoms with Crippen LogP contribution in [0.5, 0.6) is 0 Å². The third-order valence-electron chi connectivity index (χ3n) is 3.16. The molecule has 0 radical (unpaired) electrons. The maximum absolute atomic E-state index is 12.1. The summed E-state index contributed by atoms with van der Waals surface area (Å²) in [5.74, 6) is 1.15. The number of H-pyrrole nitrogens is 1. The van der Waals surface area contributed by atoms with Crippen LogP contribution >= 0.6 is 0 Å². The predicted octanol–water partition coefficient (Wildman–Crippen LogP) is 0.162. The molecule has 98 valence electrons. The summed E-state index contributed by atoms with van der Waals surface area (Å²) in [6, 6.07) is 5.84. The smallest absolute Gasteiger partial charge is 0.291 e. The third kappa shape index (κ3) is 2.40. The highest BCUT2D eigenvalue weighted by atomic mass is 16.2. The fourth-order valence-electron chi connectivity index (χ4n) is 2.14. The van der Waals surface area contributed by atoms with E-state index in [0.29, 0.717) is 18.9 Å². The van der Waals surface area contributed by atoms with Gasteiger partial charge in [-0.05, 0) is 12.1 Å². The quantitative estimate of drug-likeness (QED) is 0.830. The SMILES string of the molecule is O=C(c1ncn[nH]1)N1CCN(c2ccccn2)CC1. The standard InChI is InChI=1S/C12H14N6O/c19-12(11-14-9-15-16-11)18-7-5-17(6-8-18)10-3-1-2-4-13-10/h1-4,9H,5-8H2,(H,14,15,16). The molecule has 19 heavy (non-hydrogen) atoms. The number of anilines is 1. The number of carbonyl (C=O) groups excluding carboxylic acids is 1. The molecule has 0 spiro atoms. The number of hydrogen-bond acceptors (Lipinski definition) is 5. The molecule has 1 aliphatic rings. The fourth-order valence-corrected chi connectivity index (χ4v) is 2.14. The Hall–Kier alpha value is -2.44. The summed E-state index contributed by atoms with van der Waals surface area (Å²) >= 11 is 0. The Balaban J connectivity index is 1.62. The summed E-state index contributed by atoms with van der Waals surface area (Å²) in [5, 5.41) is 6.30. The number of nitrogens with one attached hydrogen (secondary N) is 1. The van der Waals surface area contributed by atoms with Gasteiger partial charge in [-0.3, -0.25) is 9.89 Å². The second kappa shape index (κ2) is 5.05. The second-order valence-corrected chi connectivity index (χ2v) is 4.30. The number of nitrogens with zero attached hydrogens (tertiary/aromatic N) is 5. The summed E-state index contributed by atoms with van der Waals surface area (Å²) in [5.41, 5.74) is 0. The Morgan fingerprint density at radius 2 is 2.00 bits per heavy atom. The van der Waals surface area contributed by atoms with Crippen LogP contribution in [0.1, 0.15) is 10.6 Å². The molecule has 0 aromatic carbocycles. The number of pyridine rings is 1. The Morgan fingerprint density at radius 3 is 2.63 bits per heavy atom. The van der Waals surface area contributed by atoms with Crippen LogP contribution in [0.3, 0.4) is 0 Å². The van der Waals surface area contributed by atoms with Crippen molar-refractivity contribution in [2.75, 3.05) is 31.1 Å². The van der Waals surface area contributed by atoms with Gasteiger partial charge in [0, 0.05) is 32.4 Å². The van der Waals surface area contributed by atoms with E-state index >= 15 is 0 Å². The number of aromatic nitrogens is 4. The van der Waals surface area contributed by atoms with Crippen LogP contribution in [-0.4, -0.2) is 57.2 Å². The van der Waals surface area contributed by atoms with Crippen LogP contribution in [0.15, 0.2) is 30.7 Å². The average molecular weight is 258 g/mol. The van der Waals surface area contributed by atoms with Gasteiger partial charge in [0.15, 0.2) is 0 Å². The van der Waals surface area contributed by atoms with E-state index in [1.54, 1.807) is 11.1 Å². The van der Waals surface area contributed by atoms with Crippen molar-refractivity contribution < 1.29 is 4.79 Å². The summed E-state index contributed by atoms with van der Waals surface area (Å²) in [6.07, 6.45) is 3.12. The van der Waals surface area contributed by atoms with E-state index < -0.39 is 0 Å². The van der Waals surface area contributed by atoms with Crippen molar-refractivity contribution in [3.8, 4) is 0 Å². The lowest BCUT2D eigenvalue weighted by Gasteiger charge is -2.34. The average Bonchev–Trinajstić information content (AvgIpc) is 3.02. The molecule has 7 heteroatoms. The molecule has 0 bridgehead atoms. The van der Waals surface area contributed by atoms with Gasteiger partial charge in [0.25, 0.3) is 5.91 Å². The lowest BCUT2D eigenvalue weighted by molar-refractivity contribution is 0.0734. The van der Waals surface area contributed by atoms with Crippen LogP contribution in [0.25, 0.3) is 0 Å². The lowest BCUT2D eigenvalue weighted by atomic mass is 10.3. The van der Waals surface area contributed by atoms with Crippen molar-refractivity contribution in [2.45, 2.75) is 0 Å². The molecule has 7 nitrogen and oxygen atoms in total. The fraction of sp³-hybridized carbons (Fsp3) is 0.333. The van der Waals surface area contributed by atoms with E-state index in [0.717, 1.165) is 18.9 Å². The molecular weight excluding hydrogens is 244 g/mol. The van der Waals surface area contributed by atoms with Crippen molar-refractivity contribution in [1.29, 1.82) is 0 Å². The predicted molar refractivity (Wildman–Crippen MR) is 68.7 cm³/mol. The van der Waals surface area contributed by atoms with Gasteiger partial charge < -0.3 is 9.80 Å².